The van der Waals surface area contributed by atoms with E-state index in [0.717, 1.165) is 24.3 Å². The van der Waals surface area contributed by atoms with Crippen molar-refractivity contribution in [1.82, 2.24) is 0 Å². The molecule has 0 N–H and O–H groups in total. The molecule has 0 aliphatic heterocycles. The van der Waals surface area contributed by atoms with Crippen LogP contribution < -0.4 is 9.47 Å². The molecule has 0 aliphatic rings. The maximum atomic E-state index is 5.79. The molecule has 0 fully saturated rings. The Bertz CT molecular complexity index is 1080. The largest absolute Gasteiger partial charge is 0.493 e. The van der Waals surface area contributed by atoms with Gasteiger partial charge in [-0.3, -0.25) is 0 Å². The van der Waals surface area contributed by atoms with E-state index in [1.54, 1.807) is 12.5 Å². The van der Waals surface area contributed by atoms with Crippen LogP contribution in [0.3, 0.4) is 0 Å². The minimum Gasteiger partial charge on any atom is -0.493 e. The van der Waals surface area contributed by atoms with Crippen molar-refractivity contribution in [2.24, 2.45) is 0 Å². The Hall–Kier alpha value is -4.24. The first-order valence-corrected chi connectivity index (χ1v) is 11.9. The van der Waals surface area contributed by atoms with Crippen LogP contribution in [0.1, 0.15) is 12.8 Å². The highest BCUT2D eigenvalue weighted by Crippen LogP contribution is 2.23. The maximum absolute atomic E-state index is 5.79. The van der Waals surface area contributed by atoms with Gasteiger partial charge in [0.1, 0.15) is 11.5 Å². The van der Waals surface area contributed by atoms with Gasteiger partial charge in [0.2, 0.25) is 0 Å². The van der Waals surface area contributed by atoms with Gasteiger partial charge in [-0.1, -0.05) is 84.9 Å². The molecule has 0 saturated carbocycles. The van der Waals surface area contributed by atoms with Crippen molar-refractivity contribution in [2.75, 3.05) is 13.2 Å². The van der Waals surface area contributed by atoms with E-state index in [1.165, 1.54) is 22.3 Å². The number of hydrogen-bond donors (Lipinski definition) is 0. The second-order valence-corrected chi connectivity index (χ2v) is 7.93. The Balaban J connectivity index is 1.06. The van der Waals surface area contributed by atoms with Gasteiger partial charge in [-0.2, -0.15) is 0 Å². The Kier molecular flexibility index (Phi) is 9.19. The average Bonchev–Trinajstić information content (AvgIpc) is 2.93. The van der Waals surface area contributed by atoms with Crippen LogP contribution in [0.25, 0.3) is 22.3 Å². The summed E-state index contributed by atoms with van der Waals surface area (Å²) in [4.78, 5) is 0. The third-order valence-electron chi connectivity index (χ3n) is 5.38. The summed E-state index contributed by atoms with van der Waals surface area (Å²) in [5, 5.41) is 0. The molecule has 3 heteroatoms. The first kappa shape index (κ1) is 23.9. The molecule has 4 rings (SSSR count). The molecule has 0 aromatic heterocycles. The molecule has 0 bridgehead atoms. The molecule has 4 aromatic rings. The van der Waals surface area contributed by atoms with Crippen LogP contribution in [-0.4, -0.2) is 13.2 Å². The molecule has 0 atom stereocenters. The van der Waals surface area contributed by atoms with Gasteiger partial charge in [-0.15, -0.1) is 0 Å². The van der Waals surface area contributed by atoms with Crippen molar-refractivity contribution in [3.8, 4) is 33.8 Å². The summed E-state index contributed by atoms with van der Waals surface area (Å²) >= 11 is 0. The molecule has 176 valence electrons. The zero-order chi connectivity index (χ0) is 24.0. The van der Waals surface area contributed by atoms with Gasteiger partial charge in [-0.05, 0) is 58.7 Å². The van der Waals surface area contributed by atoms with Crippen molar-refractivity contribution in [1.29, 1.82) is 0 Å². The normalized spacial score (nSPS) is 11.1. The second kappa shape index (κ2) is 13.5. The summed E-state index contributed by atoms with van der Waals surface area (Å²) in [6.45, 7) is 1.20. The van der Waals surface area contributed by atoms with E-state index >= 15 is 0 Å². The zero-order valence-corrected chi connectivity index (χ0v) is 19.8. The minimum atomic E-state index is 0.602. The summed E-state index contributed by atoms with van der Waals surface area (Å²) in [6.07, 6.45) is 8.82. The van der Waals surface area contributed by atoms with Crippen LogP contribution in [0.2, 0.25) is 0 Å². The molecule has 0 unspecified atom stereocenters. The fourth-order valence-electron chi connectivity index (χ4n) is 3.53. The first-order valence-electron chi connectivity index (χ1n) is 11.9. The van der Waals surface area contributed by atoms with Crippen molar-refractivity contribution < 1.29 is 14.2 Å². The SMILES string of the molecule is C(=COC=CCCOc1ccc(-c2ccccc2)cc1)CCOc1ccc(-c2ccccc2)cc1. The van der Waals surface area contributed by atoms with Crippen LogP contribution >= 0.6 is 0 Å². The summed E-state index contributed by atoms with van der Waals surface area (Å²) in [5.41, 5.74) is 4.78. The van der Waals surface area contributed by atoms with Gasteiger partial charge in [0, 0.05) is 12.8 Å². The molecule has 0 radical (unpaired) electrons. The predicted molar refractivity (Wildman–Crippen MR) is 143 cm³/mol. The lowest BCUT2D eigenvalue weighted by Crippen LogP contribution is -1.95. The van der Waals surface area contributed by atoms with E-state index in [1.807, 2.05) is 72.8 Å². The van der Waals surface area contributed by atoms with E-state index in [4.69, 9.17) is 14.2 Å². The molecule has 0 amide bonds. The number of hydrogen-bond acceptors (Lipinski definition) is 3. The second-order valence-electron chi connectivity index (χ2n) is 7.93. The highest BCUT2D eigenvalue weighted by molar-refractivity contribution is 5.64. The van der Waals surface area contributed by atoms with Crippen molar-refractivity contribution >= 4 is 0 Å². The number of benzene rings is 4. The van der Waals surface area contributed by atoms with Gasteiger partial charge in [0.15, 0.2) is 0 Å². The highest BCUT2D eigenvalue weighted by Gasteiger charge is 1.99. The third-order valence-corrected chi connectivity index (χ3v) is 5.38. The number of ether oxygens (including phenoxy) is 3. The maximum Gasteiger partial charge on any atom is 0.119 e. The Morgan fingerprint density at radius 3 is 1.20 bits per heavy atom. The fourth-order valence-corrected chi connectivity index (χ4v) is 3.53. The monoisotopic (exact) mass is 462 g/mol. The minimum absolute atomic E-state index is 0.602. The molecule has 0 spiro atoms. The molecule has 35 heavy (non-hydrogen) atoms. The molecule has 0 saturated heterocycles. The average molecular weight is 463 g/mol. The standard InChI is InChI=1S/C32H30O3/c1-3-11-27(12-4-1)29-15-19-31(20-16-29)34-25-9-7-23-33-24-8-10-26-35-32-21-17-30(18-22-32)28-13-5-2-6-14-28/h1-8,11-24H,9-10,25-26H2. The Morgan fingerprint density at radius 2 is 0.800 bits per heavy atom. The van der Waals surface area contributed by atoms with Crippen LogP contribution in [0.5, 0.6) is 11.5 Å². The van der Waals surface area contributed by atoms with E-state index in [0.29, 0.717) is 13.2 Å². The highest BCUT2D eigenvalue weighted by atomic mass is 16.5. The third kappa shape index (κ3) is 7.94. The Morgan fingerprint density at radius 1 is 0.429 bits per heavy atom. The zero-order valence-electron chi connectivity index (χ0n) is 19.8. The predicted octanol–water partition coefficient (Wildman–Crippen LogP) is 8.30. The van der Waals surface area contributed by atoms with Gasteiger partial charge in [-0.25, -0.2) is 0 Å². The van der Waals surface area contributed by atoms with Crippen LogP contribution in [0.4, 0.5) is 0 Å². The quantitative estimate of drug-likeness (QED) is 0.156. The lowest BCUT2D eigenvalue weighted by atomic mass is 10.1. The van der Waals surface area contributed by atoms with Gasteiger partial charge in [0.25, 0.3) is 0 Å². The van der Waals surface area contributed by atoms with Crippen molar-refractivity contribution in [3.63, 3.8) is 0 Å². The summed E-state index contributed by atoms with van der Waals surface area (Å²) in [7, 11) is 0. The summed E-state index contributed by atoms with van der Waals surface area (Å²) in [6, 6.07) is 37.0. The topological polar surface area (TPSA) is 27.7 Å². The van der Waals surface area contributed by atoms with E-state index < -0.39 is 0 Å². The van der Waals surface area contributed by atoms with Gasteiger partial charge in [0.05, 0.1) is 25.7 Å². The summed E-state index contributed by atoms with van der Waals surface area (Å²) < 4.78 is 17.0. The lowest BCUT2D eigenvalue weighted by Gasteiger charge is -2.06. The molecule has 3 nitrogen and oxygen atoms in total. The summed E-state index contributed by atoms with van der Waals surface area (Å²) in [5.74, 6) is 1.74. The van der Waals surface area contributed by atoms with E-state index in [-0.39, 0.29) is 0 Å². The number of rotatable bonds is 12. The van der Waals surface area contributed by atoms with Gasteiger partial charge < -0.3 is 14.2 Å². The molecule has 4 aromatic carbocycles. The Labute approximate surface area is 207 Å². The van der Waals surface area contributed by atoms with Gasteiger partial charge >= 0.3 is 0 Å². The first-order chi connectivity index (χ1) is 17.4. The fraction of sp³-hybridized carbons (Fsp3) is 0.125. The van der Waals surface area contributed by atoms with Crippen LogP contribution in [-0.2, 0) is 4.74 Å². The molecular weight excluding hydrogens is 432 g/mol. The smallest absolute Gasteiger partial charge is 0.119 e. The lowest BCUT2D eigenvalue weighted by molar-refractivity contribution is 0.319. The molecule has 0 aliphatic carbocycles. The molecule has 0 heterocycles. The molecular formula is C32H30O3. The van der Waals surface area contributed by atoms with E-state index in [2.05, 4.69) is 48.5 Å². The van der Waals surface area contributed by atoms with Crippen molar-refractivity contribution in [3.05, 3.63) is 134 Å². The van der Waals surface area contributed by atoms with Crippen LogP contribution in [0, 0.1) is 0 Å². The van der Waals surface area contributed by atoms with Crippen LogP contribution in [0.15, 0.2) is 134 Å². The van der Waals surface area contributed by atoms with Crippen molar-refractivity contribution in [2.45, 2.75) is 12.8 Å². The van der Waals surface area contributed by atoms with E-state index in [9.17, 15) is 0 Å².